The molecule has 16 heavy (non-hydrogen) atoms. The van der Waals surface area contributed by atoms with Gasteiger partial charge in [-0.1, -0.05) is 0 Å². The third-order valence-electron chi connectivity index (χ3n) is 3.21. The molecule has 83 valence electrons. The van der Waals surface area contributed by atoms with Gasteiger partial charge in [0.2, 0.25) is 0 Å². The molecule has 0 amide bonds. The second-order valence-electron chi connectivity index (χ2n) is 4.67. The van der Waals surface area contributed by atoms with Crippen LogP contribution in [0.3, 0.4) is 0 Å². The summed E-state index contributed by atoms with van der Waals surface area (Å²) in [4.78, 5) is 0. The number of hydrogen-bond donors (Lipinski definition) is 0. The monoisotopic (exact) mass is 289 g/mol. The Morgan fingerprint density at radius 2 is 1.69 bits per heavy atom. The summed E-state index contributed by atoms with van der Waals surface area (Å²) >= 11 is 1.58. The van der Waals surface area contributed by atoms with Gasteiger partial charge in [0.15, 0.2) is 0 Å². The van der Waals surface area contributed by atoms with Crippen LogP contribution in [0.5, 0.6) is 0 Å². The first-order valence-electron chi connectivity index (χ1n) is 6.31. The van der Waals surface area contributed by atoms with Gasteiger partial charge in [-0.2, -0.15) is 0 Å². The van der Waals surface area contributed by atoms with E-state index >= 15 is 0 Å². The number of benzene rings is 1. The van der Waals surface area contributed by atoms with Crippen molar-refractivity contribution in [3.8, 4) is 0 Å². The molecule has 0 atom stereocenters. The fraction of sp³-hybridized carbons (Fsp3) is 0.467. The van der Waals surface area contributed by atoms with Gasteiger partial charge >= 0.3 is 114 Å². The van der Waals surface area contributed by atoms with Crippen molar-refractivity contribution in [2.75, 3.05) is 0 Å². The second kappa shape index (κ2) is 5.45. The first-order chi connectivity index (χ1) is 7.74. The average Bonchev–Trinajstić information content (AvgIpc) is 2.58. The van der Waals surface area contributed by atoms with Crippen molar-refractivity contribution in [2.45, 2.75) is 46.0 Å². The summed E-state index contributed by atoms with van der Waals surface area (Å²) in [5.41, 5.74) is 6.25. The Hall–Kier alpha value is -0.157. The van der Waals surface area contributed by atoms with E-state index in [-0.39, 0.29) is 0 Å². The fourth-order valence-corrected chi connectivity index (χ4v) is 3.35. The van der Waals surface area contributed by atoms with E-state index in [2.05, 4.69) is 32.1 Å². The second-order valence-corrected chi connectivity index (χ2v) is 6.24. The van der Waals surface area contributed by atoms with Gasteiger partial charge in [-0.05, 0) is 0 Å². The fourth-order valence-electron chi connectivity index (χ4n) is 2.49. The Kier molecular flexibility index (Phi) is 4.19. The van der Waals surface area contributed by atoms with Crippen LogP contribution in [0.25, 0.3) is 6.08 Å². The summed E-state index contributed by atoms with van der Waals surface area (Å²) < 4.78 is 1.60. The van der Waals surface area contributed by atoms with Crippen molar-refractivity contribution >= 4 is 6.08 Å². The van der Waals surface area contributed by atoms with Gasteiger partial charge in [0.1, 0.15) is 0 Å². The summed E-state index contributed by atoms with van der Waals surface area (Å²) in [6.07, 6.45) is 8.59. The summed E-state index contributed by atoms with van der Waals surface area (Å²) in [7, 11) is 0. The van der Waals surface area contributed by atoms with Crippen molar-refractivity contribution in [1.82, 2.24) is 0 Å². The van der Waals surface area contributed by atoms with Crippen molar-refractivity contribution in [1.29, 1.82) is 0 Å². The van der Waals surface area contributed by atoms with Crippen LogP contribution >= 0.6 is 0 Å². The normalized spacial score (nSPS) is 13.7. The van der Waals surface area contributed by atoms with E-state index in [1.807, 2.05) is 0 Å². The van der Waals surface area contributed by atoms with Gasteiger partial charge in [0, 0.05) is 0 Å². The molecular weight excluding hydrogens is 271 g/mol. The molecule has 1 aromatic carbocycles. The molecule has 2 rings (SSSR count). The van der Waals surface area contributed by atoms with E-state index in [9.17, 15) is 0 Å². The van der Waals surface area contributed by atoms with E-state index in [0.29, 0.717) is 0 Å². The van der Waals surface area contributed by atoms with Crippen molar-refractivity contribution in [3.05, 3.63) is 37.7 Å². The van der Waals surface area contributed by atoms with Crippen molar-refractivity contribution in [2.24, 2.45) is 0 Å². The van der Waals surface area contributed by atoms with Crippen LogP contribution in [0.1, 0.15) is 48.9 Å². The molecule has 1 aromatic rings. The average molecular weight is 291 g/mol. The van der Waals surface area contributed by atoms with Gasteiger partial charge in [0.05, 0.1) is 0 Å². The minimum atomic E-state index is 1.21. The van der Waals surface area contributed by atoms with Crippen LogP contribution in [0, 0.1) is 0 Å². The van der Waals surface area contributed by atoms with Crippen molar-refractivity contribution in [3.63, 3.8) is 0 Å². The third kappa shape index (κ3) is 2.56. The molecule has 0 spiro atoms. The predicted molar refractivity (Wildman–Crippen MR) is 66.1 cm³/mol. The number of allylic oxidation sites excluding steroid dienone is 1. The van der Waals surface area contributed by atoms with Crippen LogP contribution in [0.15, 0.2) is 15.4 Å². The zero-order valence-electron chi connectivity index (χ0n) is 10.3. The Morgan fingerprint density at radius 1 is 1.06 bits per heavy atom. The molecular formula is C15H19Zr. The molecule has 0 saturated carbocycles. The molecule has 0 saturated heterocycles. The van der Waals surface area contributed by atoms with E-state index < -0.39 is 0 Å². The first kappa shape index (κ1) is 12.3. The zero-order valence-corrected chi connectivity index (χ0v) is 12.7. The predicted octanol–water partition coefficient (Wildman–Crippen LogP) is 4.04. The molecule has 0 aliphatic heterocycles. The standard InChI is InChI=1S/C15H19.Zr/c1-3-6-12-10-14-8-5-9-15(14)11-13(12)7-4-2;/h8,10-11H,3-4,6-7,9H2,1-2H3;. The van der Waals surface area contributed by atoms with Gasteiger partial charge in [-0.25, -0.2) is 0 Å². The van der Waals surface area contributed by atoms with Gasteiger partial charge in [-0.15, -0.1) is 0 Å². The van der Waals surface area contributed by atoms with Crippen LogP contribution in [0.2, 0.25) is 0 Å². The number of rotatable bonds is 4. The molecule has 0 fully saturated rings. The molecule has 1 heteroatoms. The van der Waals surface area contributed by atoms with Gasteiger partial charge in [0.25, 0.3) is 0 Å². The molecule has 0 aromatic heterocycles. The Balaban J connectivity index is 2.37. The van der Waals surface area contributed by atoms with Crippen LogP contribution in [-0.4, -0.2) is 0 Å². The summed E-state index contributed by atoms with van der Waals surface area (Å²) in [5.74, 6) is 0. The number of hydrogen-bond acceptors (Lipinski definition) is 0. The Labute approximate surface area is 114 Å². The molecule has 0 bridgehead atoms. The molecule has 0 N–H and O–H groups in total. The Bertz CT molecular complexity index is 416. The molecule has 1 aliphatic rings. The maximum atomic E-state index is 2.47. The van der Waals surface area contributed by atoms with Crippen LogP contribution in [0.4, 0.5) is 0 Å². The van der Waals surface area contributed by atoms with E-state index in [4.69, 9.17) is 0 Å². The van der Waals surface area contributed by atoms with Crippen LogP contribution in [-0.2, 0) is 44.0 Å². The number of fused-ring (bicyclic) bond motifs is 1. The topological polar surface area (TPSA) is 0 Å². The SMILES string of the molecule is CCCc1cc2c(cc1CCC)C[C]([Zr])=C2. The summed E-state index contributed by atoms with van der Waals surface area (Å²) in [5, 5.41) is 0. The molecule has 0 radical (unpaired) electrons. The molecule has 1 aliphatic carbocycles. The molecule has 0 heterocycles. The number of aryl methyl sites for hydroxylation is 2. The summed E-state index contributed by atoms with van der Waals surface area (Å²) in [6.45, 7) is 4.55. The third-order valence-corrected chi connectivity index (χ3v) is 4.00. The van der Waals surface area contributed by atoms with Crippen LogP contribution < -0.4 is 0 Å². The van der Waals surface area contributed by atoms with Gasteiger partial charge in [-0.3, -0.25) is 0 Å². The van der Waals surface area contributed by atoms with Crippen molar-refractivity contribution < 1.29 is 24.7 Å². The minimum absolute atomic E-state index is 1.21. The molecule has 0 nitrogen and oxygen atoms in total. The summed E-state index contributed by atoms with van der Waals surface area (Å²) in [6, 6.07) is 4.91. The van der Waals surface area contributed by atoms with Gasteiger partial charge < -0.3 is 0 Å². The van der Waals surface area contributed by atoms with E-state index in [1.54, 1.807) is 44.7 Å². The Morgan fingerprint density at radius 3 is 2.31 bits per heavy atom. The first-order valence-corrected chi connectivity index (χ1v) is 7.54. The van der Waals surface area contributed by atoms with E-state index in [1.165, 1.54) is 37.7 Å². The zero-order chi connectivity index (χ0) is 11.5. The molecule has 0 unspecified atom stereocenters. The quantitative estimate of drug-likeness (QED) is 0.785. The van der Waals surface area contributed by atoms with E-state index in [0.717, 1.165) is 0 Å². The maximum absolute atomic E-state index is 2.47.